The summed E-state index contributed by atoms with van der Waals surface area (Å²) in [4.78, 5) is 12.0. The highest BCUT2D eigenvalue weighted by Gasteiger charge is 2.30. The van der Waals surface area contributed by atoms with Crippen LogP contribution in [0.15, 0.2) is 91.0 Å². The molecule has 0 spiro atoms. The highest BCUT2D eigenvalue weighted by atomic mass is 31.2. The molecular weight excluding hydrogens is 389 g/mol. The Hall–Kier alpha value is -3.08. The molecule has 0 bridgehead atoms. The molecule has 29 heavy (non-hydrogen) atoms. The van der Waals surface area contributed by atoms with Crippen LogP contribution in [0.1, 0.15) is 5.56 Å². The van der Waals surface area contributed by atoms with Gasteiger partial charge in [-0.2, -0.15) is 0 Å². The van der Waals surface area contributed by atoms with E-state index in [1.54, 1.807) is 48.5 Å². The highest BCUT2D eigenvalue weighted by Crippen LogP contribution is 2.49. The average molecular weight is 411 g/mol. The van der Waals surface area contributed by atoms with E-state index in [-0.39, 0.29) is 25.5 Å². The van der Waals surface area contributed by atoms with Gasteiger partial charge < -0.3 is 14.4 Å². The standard InChI is InChI=1S/C22H22NO5P/c24-22(18-19-10-4-1-5-11-19)23-16-17-26-29(25,27-20-12-6-2-7-13-20)28-21-14-8-3-9-15-21/h1-15H,16-18H2,(H,23,24). The fourth-order valence-electron chi connectivity index (χ4n) is 2.48. The van der Waals surface area contributed by atoms with Crippen LogP contribution in [-0.4, -0.2) is 19.1 Å². The fourth-order valence-corrected chi connectivity index (χ4v) is 3.70. The molecule has 0 aromatic heterocycles. The van der Waals surface area contributed by atoms with Crippen LogP contribution in [0.3, 0.4) is 0 Å². The Morgan fingerprint density at radius 3 is 1.76 bits per heavy atom. The van der Waals surface area contributed by atoms with Crippen LogP contribution in [0.5, 0.6) is 11.5 Å². The summed E-state index contributed by atoms with van der Waals surface area (Å²) in [5.74, 6) is 0.572. The molecule has 0 radical (unpaired) electrons. The fraction of sp³-hybridized carbons (Fsp3) is 0.136. The van der Waals surface area contributed by atoms with E-state index in [1.165, 1.54) is 0 Å². The quantitative estimate of drug-likeness (QED) is 0.389. The normalized spacial score (nSPS) is 10.9. The molecule has 1 N–H and O–H groups in total. The molecule has 1 amide bonds. The second-order valence-electron chi connectivity index (χ2n) is 6.10. The summed E-state index contributed by atoms with van der Waals surface area (Å²) in [6.07, 6.45) is 0.263. The number of carbonyl (C=O) groups excluding carboxylic acids is 1. The van der Waals surface area contributed by atoms with Gasteiger partial charge in [0.2, 0.25) is 5.91 Å². The van der Waals surface area contributed by atoms with Gasteiger partial charge in [-0.3, -0.25) is 9.32 Å². The Morgan fingerprint density at radius 2 is 1.24 bits per heavy atom. The van der Waals surface area contributed by atoms with Gasteiger partial charge in [-0.1, -0.05) is 66.7 Å². The van der Waals surface area contributed by atoms with Gasteiger partial charge in [0.1, 0.15) is 11.5 Å². The zero-order valence-electron chi connectivity index (χ0n) is 15.8. The molecule has 7 heteroatoms. The van der Waals surface area contributed by atoms with Crippen molar-refractivity contribution in [2.45, 2.75) is 6.42 Å². The number of rotatable bonds is 10. The molecule has 0 saturated carbocycles. The lowest BCUT2D eigenvalue weighted by Crippen LogP contribution is -2.28. The summed E-state index contributed by atoms with van der Waals surface area (Å²) in [5, 5.41) is 2.74. The summed E-state index contributed by atoms with van der Waals surface area (Å²) in [6.45, 7) is 0.142. The summed E-state index contributed by atoms with van der Waals surface area (Å²) in [5.41, 5.74) is 0.913. The number of para-hydroxylation sites is 2. The number of phosphoric ester groups is 1. The predicted molar refractivity (Wildman–Crippen MR) is 111 cm³/mol. The van der Waals surface area contributed by atoms with E-state index in [0.717, 1.165) is 5.56 Å². The first-order valence-corrected chi connectivity index (χ1v) is 10.6. The van der Waals surface area contributed by atoms with E-state index < -0.39 is 7.82 Å². The molecule has 6 nitrogen and oxygen atoms in total. The molecule has 0 atom stereocenters. The van der Waals surface area contributed by atoms with Gasteiger partial charge in [0.15, 0.2) is 0 Å². The molecule has 0 heterocycles. The largest absolute Gasteiger partial charge is 0.587 e. The SMILES string of the molecule is O=C(Cc1ccccc1)NCCOP(=O)(Oc1ccccc1)Oc1ccccc1. The van der Waals surface area contributed by atoms with Gasteiger partial charge in [0.05, 0.1) is 13.0 Å². The van der Waals surface area contributed by atoms with Crippen molar-refractivity contribution in [3.8, 4) is 11.5 Å². The number of hydrogen-bond donors (Lipinski definition) is 1. The van der Waals surface area contributed by atoms with Crippen molar-refractivity contribution >= 4 is 13.7 Å². The number of benzene rings is 3. The van der Waals surface area contributed by atoms with Crippen molar-refractivity contribution < 1.29 is 22.9 Å². The lowest BCUT2D eigenvalue weighted by Gasteiger charge is -2.19. The van der Waals surface area contributed by atoms with Crippen LogP contribution in [0.2, 0.25) is 0 Å². The van der Waals surface area contributed by atoms with Gasteiger partial charge in [0.25, 0.3) is 0 Å². The second-order valence-corrected chi connectivity index (χ2v) is 7.62. The van der Waals surface area contributed by atoms with Crippen molar-refractivity contribution in [2.75, 3.05) is 13.2 Å². The molecule has 3 aromatic carbocycles. The maximum absolute atomic E-state index is 13.1. The Labute approximate surface area is 170 Å². The van der Waals surface area contributed by atoms with Crippen molar-refractivity contribution in [3.05, 3.63) is 96.6 Å². The van der Waals surface area contributed by atoms with Gasteiger partial charge in [0, 0.05) is 6.54 Å². The van der Waals surface area contributed by atoms with Gasteiger partial charge in [-0.05, 0) is 29.8 Å². The summed E-state index contributed by atoms with van der Waals surface area (Å²) in [6, 6.07) is 26.7. The van der Waals surface area contributed by atoms with Crippen molar-refractivity contribution in [3.63, 3.8) is 0 Å². The van der Waals surface area contributed by atoms with Crippen LogP contribution >= 0.6 is 7.82 Å². The highest BCUT2D eigenvalue weighted by molar-refractivity contribution is 7.49. The Bertz CT molecular complexity index is 890. The molecule has 3 aromatic rings. The number of hydrogen-bond acceptors (Lipinski definition) is 5. The predicted octanol–water partition coefficient (Wildman–Crippen LogP) is 4.63. The van der Waals surface area contributed by atoms with E-state index in [9.17, 15) is 9.36 Å². The third-order valence-electron chi connectivity index (χ3n) is 3.80. The van der Waals surface area contributed by atoms with Crippen LogP contribution in [-0.2, 0) is 20.3 Å². The molecular formula is C22H22NO5P. The minimum Gasteiger partial charge on any atom is -0.395 e. The first kappa shape index (κ1) is 20.6. The van der Waals surface area contributed by atoms with Gasteiger partial charge in [-0.15, -0.1) is 0 Å². The third kappa shape index (κ3) is 7.11. The first-order valence-electron chi connectivity index (χ1n) is 9.17. The molecule has 0 saturated heterocycles. The Kier molecular flexibility index (Phi) is 7.45. The van der Waals surface area contributed by atoms with Crippen LogP contribution < -0.4 is 14.4 Å². The monoisotopic (exact) mass is 411 g/mol. The molecule has 150 valence electrons. The van der Waals surface area contributed by atoms with E-state index >= 15 is 0 Å². The van der Waals surface area contributed by atoms with E-state index in [2.05, 4.69) is 5.32 Å². The summed E-state index contributed by atoms with van der Waals surface area (Å²) < 4.78 is 29.6. The Morgan fingerprint density at radius 1 is 0.759 bits per heavy atom. The zero-order valence-corrected chi connectivity index (χ0v) is 16.7. The average Bonchev–Trinajstić information content (AvgIpc) is 2.73. The lowest BCUT2D eigenvalue weighted by molar-refractivity contribution is -0.120. The number of carbonyl (C=O) groups is 1. The zero-order chi connectivity index (χ0) is 20.4. The molecule has 3 rings (SSSR count). The molecule has 0 aliphatic carbocycles. The number of amides is 1. The van der Waals surface area contributed by atoms with Crippen LogP contribution in [0.4, 0.5) is 0 Å². The van der Waals surface area contributed by atoms with Gasteiger partial charge in [-0.25, -0.2) is 4.57 Å². The van der Waals surface area contributed by atoms with Gasteiger partial charge >= 0.3 is 7.82 Å². The van der Waals surface area contributed by atoms with E-state index in [1.807, 2.05) is 42.5 Å². The summed E-state index contributed by atoms with van der Waals surface area (Å²) in [7, 11) is -3.94. The first-order chi connectivity index (χ1) is 14.1. The maximum Gasteiger partial charge on any atom is 0.587 e. The summed E-state index contributed by atoms with van der Waals surface area (Å²) >= 11 is 0. The third-order valence-corrected chi connectivity index (χ3v) is 5.17. The lowest BCUT2D eigenvalue weighted by atomic mass is 10.1. The van der Waals surface area contributed by atoms with Crippen molar-refractivity contribution in [2.24, 2.45) is 0 Å². The van der Waals surface area contributed by atoms with Crippen LogP contribution in [0, 0.1) is 0 Å². The maximum atomic E-state index is 13.1. The smallest absolute Gasteiger partial charge is 0.395 e. The topological polar surface area (TPSA) is 73.9 Å². The molecule has 0 fully saturated rings. The minimum atomic E-state index is -3.94. The minimum absolute atomic E-state index is 0.0303. The van der Waals surface area contributed by atoms with Crippen LogP contribution in [0.25, 0.3) is 0 Å². The molecule has 0 aliphatic rings. The Balaban J connectivity index is 1.55. The molecule has 0 unspecified atom stereocenters. The second kappa shape index (κ2) is 10.5. The number of phosphoric acid groups is 1. The number of nitrogens with one attached hydrogen (secondary N) is 1. The van der Waals surface area contributed by atoms with Crippen molar-refractivity contribution in [1.82, 2.24) is 5.32 Å². The van der Waals surface area contributed by atoms with E-state index in [0.29, 0.717) is 11.5 Å². The molecule has 0 aliphatic heterocycles. The van der Waals surface area contributed by atoms with E-state index in [4.69, 9.17) is 13.6 Å². The van der Waals surface area contributed by atoms with Crippen molar-refractivity contribution in [1.29, 1.82) is 0 Å².